The fourth-order valence-electron chi connectivity index (χ4n) is 1.16. The number of halogens is 2. The van der Waals surface area contributed by atoms with Gasteiger partial charge in [-0.2, -0.15) is 0 Å². The molecule has 1 aromatic heterocycles. The second kappa shape index (κ2) is 4.05. The number of nitrogens with zero attached hydrogens (tertiary/aromatic N) is 1. The molecule has 1 aromatic carbocycles. The smallest absolute Gasteiger partial charge is 0.357 e. The van der Waals surface area contributed by atoms with E-state index in [4.69, 9.17) is 9.52 Å². The van der Waals surface area contributed by atoms with Crippen LogP contribution >= 0.6 is 15.9 Å². The van der Waals surface area contributed by atoms with E-state index in [-0.39, 0.29) is 17.1 Å². The van der Waals surface area contributed by atoms with Gasteiger partial charge in [0.1, 0.15) is 12.1 Å². The summed E-state index contributed by atoms with van der Waals surface area (Å²) in [6, 6.07) is 4.32. The largest absolute Gasteiger partial charge is 0.476 e. The molecule has 0 radical (unpaired) electrons. The van der Waals surface area contributed by atoms with E-state index >= 15 is 0 Å². The summed E-state index contributed by atoms with van der Waals surface area (Å²) < 4.78 is 18.9. The molecule has 0 bridgehead atoms. The van der Waals surface area contributed by atoms with Crippen molar-refractivity contribution in [2.45, 2.75) is 0 Å². The molecule has 2 aromatic rings. The van der Waals surface area contributed by atoms with E-state index in [0.717, 1.165) is 6.26 Å². The van der Waals surface area contributed by atoms with E-state index < -0.39 is 11.8 Å². The Labute approximate surface area is 97.9 Å². The van der Waals surface area contributed by atoms with Crippen LogP contribution in [0.4, 0.5) is 4.39 Å². The van der Waals surface area contributed by atoms with E-state index in [9.17, 15) is 9.18 Å². The van der Waals surface area contributed by atoms with E-state index in [1.165, 1.54) is 12.1 Å². The SMILES string of the molecule is O=C(O)c1coc(-c2ccc(Br)cc2F)n1. The minimum Gasteiger partial charge on any atom is -0.476 e. The zero-order chi connectivity index (χ0) is 11.7. The van der Waals surface area contributed by atoms with Crippen LogP contribution in [0, 0.1) is 5.82 Å². The van der Waals surface area contributed by atoms with Gasteiger partial charge in [-0.15, -0.1) is 0 Å². The summed E-state index contributed by atoms with van der Waals surface area (Å²) in [5.41, 5.74) is -0.131. The minimum atomic E-state index is -1.22. The van der Waals surface area contributed by atoms with Gasteiger partial charge in [0.15, 0.2) is 5.69 Å². The number of aromatic nitrogens is 1. The molecule has 0 aliphatic rings. The first kappa shape index (κ1) is 10.8. The van der Waals surface area contributed by atoms with Crippen LogP contribution in [0.15, 0.2) is 33.4 Å². The van der Waals surface area contributed by atoms with E-state index in [0.29, 0.717) is 4.47 Å². The van der Waals surface area contributed by atoms with Crippen LogP contribution < -0.4 is 0 Å². The standard InChI is InChI=1S/C10H5BrFNO3/c11-5-1-2-6(7(12)3-5)9-13-8(4-16-9)10(14)15/h1-4H,(H,14,15). The Morgan fingerprint density at radius 2 is 2.25 bits per heavy atom. The molecule has 0 amide bonds. The highest BCUT2D eigenvalue weighted by Crippen LogP contribution is 2.24. The molecule has 4 nitrogen and oxygen atoms in total. The van der Waals surface area contributed by atoms with Gasteiger partial charge in [0.25, 0.3) is 0 Å². The van der Waals surface area contributed by atoms with Crippen LogP contribution in [-0.4, -0.2) is 16.1 Å². The average molecular weight is 286 g/mol. The predicted molar refractivity (Wildman–Crippen MR) is 56.6 cm³/mol. The molecule has 82 valence electrons. The summed E-state index contributed by atoms with van der Waals surface area (Å²) >= 11 is 3.11. The lowest BCUT2D eigenvalue weighted by molar-refractivity contribution is 0.0690. The van der Waals surface area contributed by atoms with Crippen molar-refractivity contribution in [1.82, 2.24) is 4.98 Å². The first-order valence-electron chi connectivity index (χ1n) is 4.22. The number of benzene rings is 1. The normalized spacial score (nSPS) is 10.4. The van der Waals surface area contributed by atoms with Gasteiger partial charge in [0.2, 0.25) is 5.89 Å². The zero-order valence-electron chi connectivity index (χ0n) is 7.78. The van der Waals surface area contributed by atoms with Crippen LogP contribution in [0.25, 0.3) is 11.5 Å². The quantitative estimate of drug-likeness (QED) is 0.921. The third-order valence-electron chi connectivity index (χ3n) is 1.88. The third-order valence-corrected chi connectivity index (χ3v) is 2.38. The van der Waals surface area contributed by atoms with Crippen molar-refractivity contribution >= 4 is 21.9 Å². The molecule has 0 atom stereocenters. The van der Waals surface area contributed by atoms with Crippen LogP contribution in [0.2, 0.25) is 0 Å². The van der Waals surface area contributed by atoms with Crippen LogP contribution in [0.1, 0.15) is 10.5 Å². The summed E-state index contributed by atoms with van der Waals surface area (Å²) in [6.07, 6.45) is 0.971. The number of hydrogen-bond donors (Lipinski definition) is 1. The molecule has 6 heteroatoms. The van der Waals surface area contributed by atoms with Crippen LogP contribution in [-0.2, 0) is 0 Å². The Morgan fingerprint density at radius 1 is 1.50 bits per heavy atom. The Hall–Kier alpha value is -1.69. The third kappa shape index (κ3) is 1.96. The molecule has 0 aliphatic heterocycles. The second-order valence-electron chi connectivity index (χ2n) is 2.97. The molecule has 1 heterocycles. The number of carboxylic acid groups (broad SMARTS) is 1. The number of oxazole rings is 1. The number of rotatable bonds is 2. The molecule has 0 unspecified atom stereocenters. The van der Waals surface area contributed by atoms with Gasteiger partial charge in [0, 0.05) is 4.47 Å². The Bertz CT molecular complexity index is 553. The maximum atomic E-state index is 13.5. The molecular weight excluding hydrogens is 281 g/mol. The minimum absolute atomic E-state index is 0.0533. The van der Waals surface area contributed by atoms with Crippen molar-refractivity contribution in [3.8, 4) is 11.5 Å². The molecular formula is C10H5BrFNO3. The lowest BCUT2D eigenvalue weighted by atomic mass is 10.2. The number of aromatic carboxylic acids is 1. The molecule has 0 spiro atoms. The summed E-state index contributed by atoms with van der Waals surface area (Å²) in [7, 11) is 0. The number of carboxylic acids is 1. The van der Waals surface area contributed by atoms with Crippen molar-refractivity contribution in [1.29, 1.82) is 0 Å². The van der Waals surface area contributed by atoms with Gasteiger partial charge in [0.05, 0.1) is 5.56 Å². The summed E-state index contributed by atoms with van der Waals surface area (Å²) in [6.45, 7) is 0. The van der Waals surface area contributed by atoms with Crippen molar-refractivity contribution < 1.29 is 18.7 Å². The molecule has 0 aliphatic carbocycles. The van der Waals surface area contributed by atoms with E-state index in [1.54, 1.807) is 6.07 Å². The van der Waals surface area contributed by atoms with Gasteiger partial charge in [-0.05, 0) is 18.2 Å². The molecule has 2 rings (SSSR count). The van der Waals surface area contributed by atoms with E-state index in [2.05, 4.69) is 20.9 Å². The highest BCUT2D eigenvalue weighted by Gasteiger charge is 2.14. The van der Waals surface area contributed by atoms with Crippen molar-refractivity contribution in [3.63, 3.8) is 0 Å². The lowest BCUT2D eigenvalue weighted by Gasteiger charge is -1.97. The van der Waals surface area contributed by atoms with Gasteiger partial charge >= 0.3 is 5.97 Å². The van der Waals surface area contributed by atoms with E-state index in [1.807, 2.05) is 0 Å². The number of carbonyl (C=O) groups is 1. The predicted octanol–water partition coefficient (Wildman–Crippen LogP) is 2.94. The van der Waals surface area contributed by atoms with Gasteiger partial charge in [-0.1, -0.05) is 15.9 Å². The fraction of sp³-hybridized carbons (Fsp3) is 0. The second-order valence-corrected chi connectivity index (χ2v) is 3.88. The maximum Gasteiger partial charge on any atom is 0.357 e. The van der Waals surface area contributed by atoms with Crippen LogP contribution in [0.5, 0.6) is 0 Å². The molecule has 0 saturated carbocycles. The summed E-state index contributed by atoms with van der Waals surface area (Å²) in [5.74, 6) is -1.80. The topological polar surface area (TPSA) is 63.3 Å². The first-order valence-corrected chi connectivity index (χ1v) is 5.01. The maximum absolute atomic E-state index is 13.5. The molecule has 0 saturated heterocycles. The highest BCUT2D eigenvalue weighted by molar-refractivity contribution is 9.10. The molecule has 16 heavy (non-hydrogen) atoms. The average Bonchev–Trinajstić information content (AvgIpc) is 2.66. The Balaban J connectivity index is 2.46. The van der Waals surface area contributed by atoms with Gasteiger partial charge < -0.3 is 9.52 Å². The zero-order valence-corrected chi connectivity index (χ0v) is 9.36. The number of hydrogen-bond acceptors (Lipinski definition) is 3. The Morgan fingerprint density at radius 3 is 2.81 bits per heavy atom. The van der Waals surface area contributed by atoms with Crippen molar-refractivity contribution in [2.24, 2.45) is 0 Å². The van der Waals surface area contributed by atoms with Crippen molar-refractivity contribution in [2.75, 3.05) is 0 Å². The molecule has 0 fully saturated rings. The highest BCUT2D eigenvalue weighted by atomic mass is 79.9. The van der Waals surface area contributed by atoms with Gasteiger partial charge in [-0.3, -0.25) is 0 Å². The summed E-state index contributed by atoms with van der Waals surface area (Å²) in [4.78, 5) is 14.2. The van der Waals surface area contributed by atoms with Gasteiger partial charge in [-0.25, -0.2) is 14.2 Å². The Kier molecular flexibility index (Phi) is 2.74. The van der Waals surface area contributed by atoms with Crippen molar-refractivity contribution in [3.05, 3.63) is 40.4 Å². The van der Waals surface area contributed by atoms with Crippen LogP contribution in [0.3, 0.4) is 0 Å². The first-order chi connectivity index (χ1) is 7.58. The monoisotopic (exact) mass is 285 g/mol. The lowest BCUT2D eigenvalue weighted by Crippen LogP contribution is -1.95. The fourth-order valence-corrected chi connectivity index (χ4v) is 1.49. The molecule has 1 N–H and O–H groups in total. The summed E-state index contributed by atoms with van der Waals surface area (Å²) in [5, 5.41) is 8.63.